The van der Waals surface area contributed by atoms with Crippen molar-refractivity contribution in [2.24, 2.45) is 5.92 Å². The van der Waals surface area contributed by atoms with Crippen LogP contribution >= 0.6 is 8.18 Å². The summed E-state index contributed by atoms with van der Waals surface area (Å²) in [5, 5.41) is 2.64. The number of nitrogens with one attached hydrogen (secondary N) is 1. The molecule has 0 bridgehead atoms. The molecule has 12 heteroatoms. The summed E-state index contributed by atoms with van der Waals surface area (Å²) in [5.74, 6) is 0.0267. The van der Waals surface area contributed by atoms with E-state index in [1.165, 1.54) is 6.33 Å². The molecule has 1 saturated heterocycles. The number of carbonyl (C=O) groups is 1. The number of anilines is 1. The Morgan fingerprint density at radius 2 is 2.28 bits per heavy atom. The van der Waals surface area contributed by atoms with Gasteiger partial charge in [-0.15, -0.1) is 0 Å². The third-order valence-electron chi connectivity index (χ3n) is 4.65. The predicted octanol–water partition coefficient (Wildman–Crippen LogP) is 1.67. The molecule has 2 aromatic heterocycles. The summed E-state index contributed by atoms with van der Waals surface area (Å²) >= 11 is 0. The number of fused-ring (bicyclic) bond motifs is 1. The molecular weight excluding hydrogens is 399 g/mol. The average molecular weight is 426 g/mol. The van der Waals surface area contributed by atoms with Crippen LogP contribution in [0.2, 0.25) is 0 Å². The van der Waals surface area contributed by atoms with E-state index < -0.39 is 20.2 Å². The third-order valence-corrected chi connectivity index (χ3v) is 5.75. The van der Waals surface area contributed by atoms with Crippen molar-refractivity contribution in [1.29, 1.82) is 0 Å². The first-order valence-corrected chi connectivity index (χ1v) is 10.9. The number of rotatable bonds is 9. The molecule has 0 spiro atoms. The predicted molar refractivity (Wildman–Crippen MR) is 106 cm³/mol. The van der Waals surface area contributed by atoms with Crippen LogP contribution in [-0.2, 0) is 23.4 Å². The Bertz CT molecular complexity index is 877. The van der Waals surface area contributed by atoms with E-state index in [2.05, 4.69) is 20.0 Å². The van der Waals surface area contributed by atoms with Gasteiger partial charge in [0.15, 0.2) is 11.5 Å². The van der Waals surface area contributed by atoms with Crippen LogP contribution in [0, 0.1) is 5.92 Å². The second-order valence-electron chi connectivity index (χ2n) is 7.08. The lowest BCUT2D eigenvalue weighted by Crippen LogP contribution is -2.31. The van der Waals surface area contributed by atoms with Gasteiger partial charge < -0.3 is 19.7 Å². The van der Waals surface area contributed by atoms with Gasteiger partial charge in [0, 0.05) is 5.92 Å². The fraction of sp³-hybridized carbons (Fsp3) is 0.647. The SMILES string of the molecule is CCCOC(=O)[C@@H](C)N[PH](=O)OC[C@@H]1C[C@H](C)[C@H](n2cnc3c(N)ncnc32)O1. The molecule has 0 radical (unpaired) electrons. The molecule has 0 aliphatic carbocycles. The Morgan fingerprint density at radius 1 is 1.48 bits per heavy atom. The van der Waals surface area contributed by atoms with Crippen LogP contribution < -0.4 is 10.8 Å². The zero-order chi connectivity index (χ0) is 21.0. The molecule has 3 N–H and O–H groups in total. The summed E-state index contributed by atoms with van der Waals surface area (Å²) in [6, 6.07) is -0.702. The average Bonchev–Trinajstić information content (AvgIpc) is 3.28. The summed E-state index contributed by atoms with van der Waals surface area (Å²) in [6.07, 6.45) is 3.93. The van der Waals surface area contributed by atoms with Crippen LogP contribution in [0.1, 0.15) is 39.8 Å². The highest BCUT2D eigenvalue weighted by atomic mass is 31.1. The summed E-state index contributed by atoms with van der Waals surface area (Å²) < 4.78 is 30.5. The molecule has 0 saturated carbocycles. The van der Waals surface area contributed by atoms with Gasteiger partial charge in [-0.25, -0.2) is 20.0 Å². The van der Waals surface area contributed by atoms with Crippen molar-refractivity contribution in [2.75, 3.05) is 18.9 Å². The third kappa shape index (κ3) is 5.11. The first-order valence-electron chi connectivity index (χ1n) is 9.59. The van der Waals surface area contributed by atoms with Crippen LogP contribution in [-0.4, -0.2) is 50.8 Å². The maximum atomic E-state index is 12.1. The minimum Gasteiger partial charge on any atom is -0.465 e. The van der Waals surface area contributed by atoms with E-state index in [9.17, 15) is 9.36 Å². The second-order valence-corrected chi connectivity index (χ2v) is 8.23. The van der Waals surface area contributed by atoms with E-state index in [0.717, 1.165) is 6.42 Å². The standard InChI is InChI=1S/C17H27N6O5P/c1-4-5-26-17(24)11(3)22-29(25)27-7-12-6-10(2)16(28-12)23-9-21-13-14(18)19-8-20-15(13)23/h8-12,16,29H,4-7H2,1-3H3,(H,22,25)(H2,18,19,20)/t10-,11+,12-,16+/m0/s1. The normalized spacial score (nSPS) is 23.9. The summed E-state index contributed by atoms with van der Waals surface area (Å²) in [7, 11) is -2.61. The van der Waals surface area contributed by atoms with Gasteiger partial charge >= 0.3 is 5.97 Å². The molecule has 2 aromatic rings. The molecule has 160 valence electrons. The highest BCUT2D eigenvalue weighted by Gasteiger charge is 2.35. The van der Waals surface area contributed by atoms with E-state index >= 15 is 0 Å². The first-order chi connectivity index (χ1) is 13.9. The molecule has 0 amide bonds. The number of imidazole rings is 1. The molecule has 11 nitrogen and oxygen atoms in total. The van der Waals surface area contributed by atoms with Gasteiger partial charge in [0.2, 0.25) is 0 Å². The van der Waals surface area contributed by atoms with Gasteiger partial charge in [-0.3, -0.25) is 13.9 Å². The number of ether oxygens (including phenoxy) is 2. The van der Waals surface area contributed by atoms with Gasteiger partial charge in [0.05, 0.1) is 25.6 Å². The largest absolute Gasteiger partial charge is 0.465 e. The number of hydrogen-bond donors (Lipinski definition) is 2. The smallest absolute Gasteiger partial charge is 0.323 e. The lowest BCUT2D eigenvalue weighted by Gasteiger charge is -2.18. The number of nitrogen functional groups attached to an aromatic ring is 1. The quantitative estimate of drug-likeness (QED) is 0.449. The van der Waals surface area contributed by atoms with Crippen molar-refractivity contribution in [3.63, 3.8) is 0 Å². The van der Waals surface area contributed by atoms with Crippen molar-refractivity contribution in [2.45, 2.75) is 52.0 Å². The minimum atomic E-state index is -2.61. The Labute approximate surface area is 169 Å². The van der Waals surface area contributed by atoms with Crippen LogP contribution in [0.15, 0.2) is 12.7 Å². The van der Waals surface area contributed by atoms with Gasteiger partial charge in [-0.1, -0.05) is 13.8 Å². The lowest BCUT2D eigenvalue weighted by atomic mass is 10.1. The molecule has 1 unspecified atom stereocenters. The second kappa shape index (κ2) is 9.62. The van der Waals surface area contributed by atoms with Crippen molar-refractivity contribution >= 4 is 31.1 Å². The van der Waals surface area contributed by atoms with Crippen LogP contribution in [0.5, 0.6) is 0 Å². The van der Waals surface area contributed by atoms with E-state index in [1.807, 2.05) is 18.4 Å². The van der Waals surface area contributed by atoms with E-state index in [-0.39, 0.29) is 24.9 Å². The van der Waals surface area contributed by atoms with Crippen LogP contribution in [0.4, 0.5) is 5.82 Å². The summed E-state index contributed by atoms with van der Waals surface area (Å²) in [4.78, 5) is 24.2. The Balaban J connectivity index is 1.53. The Morgan fingerprint density at radius 3 is 3.03 bits per heavy atom. The molecular formula is C17H27N6O5P. The fourth-order valence-corrected chi connectivity index (χ4v) is 4.09. The van der Waals surface area contributed by atoms with Crippen molar-refractivity contribution in [1.82, 2.24) is 24.6 Å². The number of carbonyl (C=O) groups excluding carboxylic acids is 1. The molecule has 3 heterocycles. The van der Waals surface area contributed by atoms with Crippen molar-refractivity contribution < 1.29 is 23.4 Å². The molecule has 1 aliphatic heterocycles. The van der Waals surface area contributed by atoms with Crippen LogP contribution in [0.3, 0.4) is 0 Å². The monoisotopic (exact) mass is 426 g/mol. The maximum absolute atomic E-state index is 12.1. The Kier molecular flexibility index (Phi) is 7.18. The van der Waals surface area contributed by atoms with Gasteiger partial charge in [0.25, 0.3) is 8.18 Å². The van der Waals surface area contributed by atoms with Gasteiger partial charge in [-0.05, 0) is 19.8 Å². The molecule has 5 atom stereocenters. The summed E-state index contributed by atoms with van der Waals surface area (Å²) in [5.41, 5.74) is 6.97. The molecule has 1 fully saturated rings. The number of aromatic nitrogens is 4. The fourth-order valence-electron chi connectivity index (χ4n) is 3.19. The lowest BCUT2D eigenvalue weighted by molar-refractivity contribution is -0.145. The van der Waals surface area contributed by atoms with Gasteiger partial charge in [0.1, 0.15) is 24.1 Å². The summed E-state index contributed by atoms with van der Waals surface area (Å²) in [6.45, 7) is 6.02. The molecule has 0 aromatic carbocycles. The maximum Gasteiger partial charge on any atom is 0.323 e. The number of esters is 1. The molecule has 1 aliphatic rings. The van der Waals surface area contributed by atoms with Crippen molar-refractivity contribution in [3.05, 3.63) is 12.7 Å². The van der Waals surface area contributed by atoms with Crippen LogP contribution in [0.25, 0.3) is 11.2 Å². The van der Waals surface area contributed by atoms with E-state index in [4.69, 9.17) is 19.7 Å². The zero-order valence-electron chi connectivity index (χ0n) is 16.7. The van der Waals surface area contributed by atoms with Gasteiger partial charge in [-0.2, -0.15) is 0 Å². The highest BCUT2D eigenvalue weighted by Crippen LogP contribution is 2.36. The highest BCUT2D eigenvalue weighted by molar-refractivity contribution is 7.36. The topological polar surface area (TPSA) is 143 Å². The minimum absolute atomic E-state index is 0.145. The van der Waals surface area contributed by atoms with E-state index in [0.29, 0.717) is 30.0 Å². The number of nitrogens with two attached hydrogens (primary N) is 1. The zero-order valence-corrected chi connectivity index (χ0v) is 17.7. The number of hydrogen-bond acceptors (Lipinski definition) is 9. The van der Waals surface area contributed by atoms with Crippen molar-refractivity contribution in [3.8, 4) is 0 Å². The molecule has 3 rings (SSSR count). The molecule has 29 heavy (non-hydrogen) atoms. The Hall–Kier alpha value is -2.07. The number of nitrogens with zero attached hydrogens (tertiary/aromatic N) is 4. The first kappa shape index (κ1) is 21.6. The van der Waals surface area contributed by atoms with E-state index in [1.54, 1.807) is 13.3 Å².